The number of hydrogen-bond acceptors (Lipinski definition) is 8. The molecule has 9 nitrogen and oxygen atoms in total. The van der Waals surface area contributed by atoms with Crippen LogP contribution < -0.4 is 5.32 Å². The second-order valence-corrected chi connectivity index (χ2v) is 7.51. The van der Waals surface area contributed by atoms with Gasteiger partial charge in [0.25, 0.3) is 0 Å². The molecule has 2 heterocycles. The van der Waals surface area contributed by atoms with Crippen LogP contribution in [-0.2, 0) is 38.1 Å². The van der Waals surface area contributed by atoms with E-state index in [1.54, 1.807) is 13.8 Å². The van der Waals surface area contributed by atoms with Crippen LogP contribution in [0.25, 0.3) is 0 Å². The maximum atomic E-state index is 12.2. The summed E-state index contributed by atoms with van der Waals surface area (Å²) in [6.45, 7) is 8.71. The van der Waals surface area contributed by atoms with E-state index in [4.69, 9.17) is 23.7 Å². The fourth-order valence-electron chi connectivity index (χ4n) is 3.26. The van der Waals surface area contributed by atoms with Gasteiger partial charge in [-0.05, 0) is 26.7 Å². The summed E-state index contributed by atoms with van der Waals surface area (Å²) in [5.41, 5.74) is 0. The lowest BCUT2D eigenvalue weighted by molar-refractivity contribution is -0.365. The summed E-state index contributed by atoms with van der Waals surface area (Å²) in [6, 6.07) is -0.894. The van der Waals surface area contributed by atoms with E-state index >= 15 is 0 Å². The minimum Gasteiger partial charge on any atom is -0.457 e. The average molecular weight is 401 g/mol. The van der Waals surface area contributed by atoms with E-state index in [2.05, 4.69) is 5.32 Å². The molecule has 0 radical (unpaired) electrons. The number of amides is 1. The number of nitrogens with one attached hydrogen (secondary N) is 1. The number of rotatable bonds is 7. The second kappa shape index (κ2) is 9.67. The van der Waals surface area contributed by atoms with Gasteiger partial charge in [0, 0.05) is 19.8 Å². The summed E-state index contributed by atoms with van der Waals surface area (Å²) >= 11 is 0. The van der Waals surface area contributed by atoms with Gasteiger partial charge in [-0.3, -0.25) is 14.4 Å². The Bertz CT molecular complexity index is 578. The van der Waals surface area contributed by atoms with Crippen LogP contribution in [0, 0.1) is 0 Å². The standard InChI is InChI=1S/C19H31NO8/c1-6-8-13(22)26-17-15(20-11(3)21)18(27-14(23)9-7-2)25-12-10-24-19(4,5)28-16(12)17/h12,15-18H,6-10H2,1-5H3,(H,20,21)/t12?,15-,16-,17?,18+/m1/s1. The van der Waals surface area contributed by atoms with Crippen LogP contribution in [0.4, 0.5) is 0 Å². The van der Waals surface area contributed by atoms with E-state index in [1.165, 1.54) is 6.92 Å². The molecule has 28 heavy (non-hydrogen) atoms. The summed E-state index contributed by atoms with van der Waals surface area (Å²) in [4.78, 5) is 36.1. The molecular formula is C19H31NO8. The predicted octanol–water partition coefficient (Wildman–Crippen LogP) is 1.42. The minimum atomic E-state index is -1.11. The summed E-state index contributed by atoms with van der Waals surface area (Å²) in [7, 11) is 0. The first kappa shape index (κ1) is 22.6. The molecular weight excluding hydrogens is 370 g/mol. The number of hydrogen-bond donors (Lipinski definition) is 1. The van der Waals surface area contributed by atoms with E-state index in [1.807, 2.05) is 13.8 Å². The molecule has 9 heteroatoms. The Morgan fingerprint density at radius 3 is 2.25 bits per heavy atom. The quantitative estimate of drug-likeness (QED) is 0.638. The van der Waals surface area contributed by atoms with Crippen molar-refractivity contribution >= 4 is 17.8 Å². The van der Waals surface area contributed by atoms with Gasteiger partial charge in [-0.1, -0.05) is 13.8 Å². The first-order valence-electron chi connectivity index (χ1n) is 9.80. The van der Waals surface area contributed by atoms with Gasteiger partial charge in [-0.2, -0.15) is 0 Å². The van der Waals surface area contributed by atoms with Crippen LogP contribution in [0.2, 0.25) is 0 Å². The highest BCUT2D eigenvalue weighted by molar-refractivity contribution is 5.74. The van der Waals surface area contributed by atoms with Crippen molar-refractivity contribution in [1.82, 2.24) is 5.32 Å². The normalized spacial score (nSPS) is 31.4. The first-order valence-corrected chi connectivity index (χ1v) is 9.80. The van der Waals surface area contributed by atoms with Crippen molar-refractivity contribution in [3.05, 3.63) is 0 Å². The molecule has 2 aliphatic heterocycles. The molecule has 5 atom stereocenters. The average Bonchev–Trinajstić information content (AvgIpc) is 2.58. The highest BCUT2D eigenvalue weighted by Crippen LogP contribution is 2.34. The lowest BCUT2D eigenvalue weighted by atomic mass is 9.95. The van der Waals surface area contributed by atoms with Gasteiger partial charge in [0.1, 0.15) is 18.2 Å². The van der Waals surface area contributed by atoms with Crippen LogP contribution >= 0.6 is 0 Å². The van der Waals surface area contributed by atoms with Crippen molar-refractivity contribution in [3.8, 4) is 0 Å². The summed E-state index contributed by atoms with van der Waals surface area (Å²) in [6.07, 6.45) is -1.63. The molecule has 1 N–H and O–H groups in total. The van der Waals surface area contributed by atoms with Crippen molar-refractivity contribution in [3.63, 3.8) is 0 Å². The van der Waals surface area contributed by atoms with E-state index in [-0.39, 0.29) is 25.4 Å². The number of carbonyl (C=O) groups is 3. The zero-order chi connectivity index (χ0) is 20.9. The fraction of sp³-hybridized carbons (Fsp3) is 0.842. The molecule has 160 valence electrons. The predicted molar refractivity (Wildman–Crippen MR) is 97.0 cm³/mol. The van der Waals surface area contributed by atoms with Crippen LogP contribution in [0.3, 0.4) is 0 Å². The fourth-order valence-corrected chi connectivity index (χ4v) is 3.26. The largest absolute Gasteiger partial charge is 0.457 e. The third-order valence-corrected chi connectivity index (χ3v) is 4.45. The summed E-state index contributed by atoms with van der Waals surface area (Å²) < 4.78 is 28.6. The molecule has 2 saturated heterocycles. The van der Waals surface area contributed by atoms with Crippen molar-refractivity contribution in [2.75, 3.05) is 6.61 Å². The van der Waals surface area contributed by atoms with Crippen molar-refractivity contribution in [1.29, 1.82) is 0 Å². The van der Waals surface area contributed by atoms with E-state index in [9.17, 15) is 14.4 Å². The third kappa shape index (κ3) is 5.89. The SMILES string of the molecule is CCCC(=O)OC1[C@@H]2OC(C)(C)OCC2O[C@@H](OC(=O)CCC)[C@@H]1NC(C)=O. The molecule has 0 saturated carbocycles. The zero-order valence-corrected chi connectivity index (χ0v) is 17.2. The Morgan fingerprint density at radius 1 is 1.07 bits per heavy atom. The Morgan fingerprint density at radius 2 is 1.68 bits per heavy atom. The van der Waals surface area contributed by atoms with E-state index in [0.717, 1.165) is 0 Å². The maximum absolute atomic E-state index is 12.2. The lowest BCUT2D eigenvalue weighted by Gasteiger charge is -2.50. The smallest absolute Gasteiger partial charge is 0.308 e. The first-order chi connectivity index (χ1) is 13.2. The van der Waals surface area contributed by atoms with Gasteiger partial charge < -0.3 is 29.0 Å². The van der Waals surface area contributed by atoms with Crippen molar-refractivity contribution in [2.45, 2.75) is 96.7 Å². The van der Waals surface area contributed by atoms with Gasteiger partial charge in [-0.25, -0.2) is 0 Å². The highest BCUT2D eigenvalue weighted by atomic mass is 16.8. The van der Waals surface area contributed by atoms with Gasteiger partial charge in [0.05, 0.1) is 6.61 Å². The topological polar surface area (TPSA) is 109 Å². The van der Waals surface area contributed by atoms with Gasteiger partial charge in [0.2, 0.25) is 12.2 Å². The molecule has 1 amide bonds. The molecule has 2 unspecified atom stereocenters. The molecule has 0 bridgehead atoms. The summed E-state index contributed by atoms with van der Waals surface area (Å²) in [5.74, 6) is -2.16. The van der Waals surface area contributed by atoms with Crippen LogP contribution in [0.5, 0.6) is 0 Å². The molecule has 2 fully saturated rings. The Labute approximate surface area is 165 Å². The molecule has 0 aromatic rings. The molecule has 0 aromatic carbocycles. The molecule has 0 spiro atoms. The van der Waals surface area contributed by atoms with Crippen molar-refractivity contribution in [2.24, 2.45) is 0 Å². The minimum absolute atomic E-state index is 0.175. The Kier molecular flexibility index (Phi) is 7.79. The van der Waals surface area contributed by atoms with E-state index < -0.39 is 48.4 Å². The zero-order valence-electron chi connectivity index (χ0n) is 17.2. The maximum Gasteiger partial charge on any atom is 0.308 e. The third-order valence-electron chi connectivity index (χ3n) is 4.45. The Hall–Kier alpha value is -1.71. The van der Waals surface area contributed by atoms with Crippen LogP contribution in [0.15, 0.2) is 0 Å². The number of carbonyl (C=O) groups excluding carboxylic acids is 3. The highest BCUT2D eigenvalue weighted by Gasteiger charge is 2.54. The molecule has 0 aromatic heterocycles. The molecule has 0 aliphatic carbocycles. The lowest BCUT2D eigenvalue weighted by Crippen LogP contribution is -2.69. The van der Waals surface area contributed by atoms with Crippen LogP contribution in [0.1, 0.15) is 60.3 Å². The molecule has 2 aliphatic rings. The Balaban J connectivity index is 2.31. The second-order valence-electron chi connectivity index (χ2n) is 7.51. The van der Waals surface area contributed by atoms with Crippen LogP contribution in [-0.4, -0.2) is 60.9 Å². The van der Waals surface area contributed by atoms with Gasteiger partial charge in [-0.15, -0.1) is 0 Å². The molecule has 2 rings (SSSR count). The number of fused-ring (bicyclic) bond motifs is 1. The monoisotopic (exact) mass is 401 g/mol. The van der Waals surface area contributed by atoms with Gasteiger partial charge >= 0.3 is 11.9 Å². The van der Waals surface area contributed by atoms with Crippen molar-refractivity contribution < 1.29 is 38.1 Å². The number of esters is 2. The van der Waals surface area contributed by atoms with Gasteiger partial charge in [0.15, 0.2) is 11.9 Å². The number of ether oxygens (including phenoxy) is 5. The van der Waals surface area contributed by atoms with E-state index in [0.29, 0.717) is 12.8 Å². The summed E-state index contributed by atoms with van der Waals surface area (Å²) in [5, 5.41) is 2.70.